The first-order valence-electron chi connectivity index (χ1n) is 9.21. The van der Waals surface area contributed by atoms with Crippen molar-refractivity contribution in [3.8, 4) is 0 Å². The highest BCUT2D eigenvalue weighted by Crippen LogP contribution is 2.42. The summed E-state index contributed by atoms with van der Waals surface area (Å²) in [5, 5.41) is 3.82. The Bertz CT molecular complexity index is 1160. The van der Waals surface area contributed by atoms with Gasteiger partial charge in [-0.25, -0.2) is 8.42 Å². The molecule has 6 heteroatoms. The van der Waals surface area contributed by atoms with Crippen molar-refractivity contribution in [2.45, 2.75) is 37.0 Å². The predicted molar refractivity (Wildman–Crippen MR) is 105 cm³/mol. The number of ketones is 1. The fourth-order valence-electron chi connectivity index (χ4n) is 3.39. The highest BCUT2D eigenvalue weighted by molar-refractivity contribution is 7.90. The highest BCUT2D eigenvalue weighted by atomic mass is 32.2. The lowest BCUT2D eigenvalue weighted by Gasteiger charge is -2.12. The number of rotatable bonds is 6. The third-order valence-electron chi connectivity index (χ3n) is 5.18. The standard InChI is InChI=1S/C22H21NO4S/c1-14-5-3-4-6-16(14)11-17-12-18(28(2,25)26)9-10-19(17)21(24)20-13-23-27-22(20)15-7-8-15/h3-6,9-10,12-13,15H,7-8,11H2,1-2H3. The average Bonchev–Trinajstić information content (AvgIpc) is 3.39. The molecule has 0 atom stereocenters. The third kappa shape index (κ3) is 3.64. The van der Waals surface area contributed by atoms with E-state index in [9.17, 15) is 13.2 Å². The molecule has 0 unspecified atom stereocenters. The molecule has 5 nitrogen and oxygen atoms in total. The smallest absolute Gasteiger partial charge is 0.198 e. The van der Waals surface area contributed by atoms with Crippen molar-refractivity contribution in [1.82, 2.24) is 5.16 Å². The monoisotopic (exact) mass is 395 g/mol. The van der Waals surface area contributed by atoms with Gasteiger partial charge < -0.3 is 4.52 Å². The van der Waals surface area contributed by atoms with Crippen molar-refractivity contribution in [1.29, 1.82) is 0 Å². The van der Waals surface area contributed by atoms with Crippen LogP contribution in [0.25, 0.3) is 0 Å². The van der Waals surface area contributed by atoms with Gasteiger partial charge in [0.1, 0.15) is 0 Å². The second-order valence-electron chi connectivity index (χ2n) is 7.40. The summed E-state index contributed by atoms with van der Waals surface area (Å²) in [6.45, 7) is 2.00. The zero-order valence-corrected chi connectivity index (χ0v) is 16.6. The van der Waals surface area contributed by atoms with Crippen molar-refractivity contribution in [2.75, 3.05) is 6.26 Å². The van der Waals surface area contributed by atoms with Crippen molar-refractivity contribution in [2.24, 2.45) is 0 Å². The van der Waals surface area contributed by atoms with Gasteiger partial charge in [0, 0.05) is 17.7 Å². The molecular formula is C22H21NO4S. The Morgan fingerprint density at radius 2 is 1.86 bits per heavy atom. The molecule has 1 aliphatic carbocycles. The van der Waals surface area contributed by atoms with Gasteiger partial charge in [0.15, 0.2) is 21.4 Å². The SMILES string of the molecule is Cc1ccccc1Cc1cc(S(C)(=O)=O)ccc1C(=O)c1cnoc1C1CC1. The molecule has 0 amide bonds. The average molecular weight is 395 g/mol. The third-order valence-corrected chi connectivity index (χ3v) is 6.29. The summed E-state index contributed by atoms with van der Waals surface area (Å²) in [6.07, 6.45) is 5.11. The topological polar surface area (TPSA) is 77.2 Å². The number of carbonyl (C=O) groups is 1. The van der Waals surface area contributed by atoms with Gasteiger partial charge in [-0.1, -0.05) is 29.4 Å². The van der Waals surface area contributed by atoms with Crippen LogP contribution in [-0.4, -0.2) is 25.6 Å². The highest BCUT2D eigenvalue weighted by Gasteiger charge is 2.33. The van der Waals surface area contributed by atoms with Gasteiger partial charge in [0.25, 0.3) is 0 Å². The van der Waals surface area contributed by atoms with Crippen LogP contribution in [0.5, 0.6) is 0 Å². The van der Waals surface area contributed by atoms with Gasteiger partial charge >= 0.3 is 0 Å². The molecular weight excluding hydrogens is 374 g/mol. The van der Waals surface area contributed by atoms with Crippen LogP contribution in [0.3, 0.4) is 0 Å². The minimum Gasteiger partial charge on any atom is -0.360 e. The van der Waals surface area contributed by atoms with E-state index >= 15 is 0 Å². The first-order valence-corrected chi connectivity index (χ1v) is 11.1. The normalized spacial score (nSPS) is 14.2. The quantitative estimate of drug-likeness (QED) is 0.588. The second kappa shape index (κ2) is 7.02. The number of aromatic nitrogens is 1. The Kier molecular flexibility index (Phi) is 4.67. The Balaban J connectivity index is 1.80. The number of aryl methyl sites for hydroxylation is 1. The van der Waals surface area contributed by atoms with E-state index in [1.807, 2.05) is 31.2 Å². The van der Waals surface area contributed by atoms with Crippen molar-refractivity contribution in [3.05, 3.63) is 82.2 Å². The zero-order chi connectivity index (χ0) is 19.9. The van der Waals surface area contributed by atoms with E-state index in [0.29, 0.717) is 28.9 Å². The van der Waals surface area contributed by atoms with Gasteiger partial charge in [-0.05, 0) is 61.1 Å². The van der Waals surface area contributed by atoms with Gasteiger partial charge in [-0.2, -0.15) is 0 Å². The minimum absolute atomic E-state index is 0.174. The van der Waals surface area contributed by atoms with Gasteiger partial charge in [0.2, 0.25) is 0 Å². The van der Waals surface area contributed by atoms with E-state index in [2.05, 4.69) is 5.16 Å². The van der Waals surface area contributed by atoms with Crippen LogP contribution in [0.4, 0.5) is 0 Å². The molecule has 0 aliphatic heterocycles. The fraction of sp³-hybridized carbons (Fsp3) is 0.273. The number of nitrogens with zero attached hydrogens (tertiary/aromatic N) is 1. The Hall–Kier alpha value is -2.73. The van der Waals surface area contributed by atoms with E-state index in [0.717, 1.165) is 24.0 Å². The number of hydrogen-bond donors (Lipinski definition) is 0. The van der Waals surface area contributed by atoms with E-state index in [-0.39, 0.29) is 16.6 Å². The first kappa shape index (κ1) is 18.6. The van der Waals surface area contributed by atoms with Crippen molar-refractivity contribution >= 4 is 15.6 Å². The molecule has 1 saturated carbocycles. The number of benzene rings is 2. The minimum atomic E-state index is -3.38. The van der Waals surface area contributed by atoms with Crippen LogP contribution >= 0.6 is 0 Å². The maximum Gasteiger partial charge on any atom is 0.198 e. The Labute approximate surface area is 164 Å². The van der Waals surface area contributed by atoms with E-state index in [1.165, 1.54) is 18.5 Å². The molecule has 3 aromatic rings. The molecule has 0 bridgehead atoms. The van der Waals surface area contributed by atoms with E-state index < -0.39 is 9.84 Å². The zero-order valence-electron chi connectivity index (χ0n) is 15.8. The maximum absolute atomic E-state index is 13.3. The second-order valence-corrected chi connectivity index (χ2v) is 9.42. The van der Waals surface area contributed by atoms with Crippen molar-refractivity contribution < 1.29 is 17.7 Å². The fourth-order valence-corrected chi connectivity index (χ4v) is 4.06. The molecule has 0 saturated heterocycles. The molecule has 1 aliphatic rings. The van der Waals surface area contributed by atoms with Crippen LogP contribution in [0.2, 0.25) is 0 Å². The number of carbonyl (C=O) groups excluding carboxylic acids is 1. The molecule has 2 aromatic carbocycles. The molecule has 1 fully saturated rings. The first-order chi connectivity index (χ1) is 13.3. The number of hydrogen-bond acceptors (Lipinski definition) is 5. The van der Waals surface area contributed by atoms with E-state index in [1.54, 1.807) is 12.1 Å². The lowest BCUT2D eigenvalue weighted by Crippen LogP contribution is -2.09. The molecule has 1 aromatic heterocycles. The largest absolute Gasteiger partial charge is 0.360 e. The summed E-state index contributed by atoms with van der Waals surface area (Å²) in [5.41, 5.74) is 3.79. The lowest BCUT2D eigenvalue weighted by molar-refractivity contribution is 0.103. The molecule has 1 heterocycles. The lowest BCUT2D eigenvalue weighted by atomic mass is 9.92. The predicted octanol–water partition coefficient (Wildman–Crippen LogP) is 4.09. The molecule has 0 radical (unpaired) electrons. The van der Waals surface area contributed by atoms with Crippen LogP contribution in [0.15, 0.2) is 58.1 Å². The summed E-state index contributed by atoms with van der Waals surface area (Å²) in [5.74, 6) is 0.724. The van der Waals surface area contributed by atoms with Crippen molar-refractivity contribution in [3.63, 3.8) is 0 Å². The Morgan fingerprint density at radius 1 is 1.11 bits per heavy atom. The van der Waals surface area contributed by atoms with Crippen LogP contribution in [-0.2, 0) is 16.3 Å². The van der Waals surface area contributed by atoms with Gasteiger partial charge in [-0.3, -0.25) is 4.79 Å². The summed E-state index contributed by atoms with van der Waals surface area (Å²) in [7, 11) is -3.38. The van der Waals surface area contributed by atoms with Crippen LogP contribution < -0.4 is 0 Å². The van der Waals surface area contributed by atoms with Gasteiger partial charge in [0.05, 0.1) is 16.7 Å². The summed E-state index contributed by atoms with van der Waals surface area (Å²) >= 11 is 0. The summed E-state index contributed by atoms with van der Waals surface area (Å²) in [4.78, 5) is 13.5. The Morgan fingerprint density at radius 3 is 2.54 bits per heavy atom. The van der Waals surface area contributed by atoms with Crippen LogP contribution in [0.1, 0.15) is 57.1 Å². The molecule has 0 spiro atoms. The molecule has 4 rings (SSSR count). The summed E-state index contributed by atoms with van der Waals surface area (Å²) in [6, 6.07) is 12.6. The molecule has 144 valence electrons. The number of sulfone groups is 1. The maximum atomic E-state index is 13.3. The van der Waals surface area contributed by atoms with E-state index in [4.69, 9.17) is 4.52 Å². The van der Waals surface area contributed by atoms with Gasteiger partial charge in [-0.15, -0.1) is 0 Å². The summed E-state index contributed by atoms with van der Waals surface area (Å²) < 4.78 is 29.4. The molecule has 0 N–H and O–H groups in total. The van der Waals surface area contributed by atoms with Crippen LogP contribution in [0, 0.1) is 6.92 Å². The molecule has 28 heavy (non-hydrogen) atoms.